The average Bonchev–Trinajstić information content (AvgIpc) is 2.36. The van der Waals surface area contributed by atoms with Crippen LogP contribution in [0.25, 0.3) is 0 Å². The van der Waals surface area contributed by atoms with Crippen molar-refractivity contribution in [1.82, 2.24) is 10.6 Å². The Kier molecular flexibility index (Phi) is 5.70. The van der Waals surface area contributed by atoms with E-state index in [1.165, 1.54) is 6.92 Å². The molecule has 0 bridgehead atoms. The predicted molar refractivity (Wildman–Crippen MR) is 68.5 cm³/mol. The molecule has 0 aliphatic carbocycles. The maximum atomic E-state index is 11.4. The Balaban J connectivity index is 2.31. The molecule has 0 atom stereocenters. The SMILES string of the molecule is COc1cccc(CNC(=O)NCCC(C)=O)c1. The van der Waals surface area contributed by atoms with Gasteiger partial charge in [-0.2, -0.15) is 0 Å². The molecule has 0 unspecified atom stereocenters. The Morgan fingerprint density at radius 3 is 2.72 bits per heavy atom. The van der Waals surface area contributed by atoms with E-state index in [1.807, 2.05) is 24.3 Å². The number of nitrogens with one attached hydrogen (secondary N) is 2. The van der Waals surface area contributed by atoms with Gasteiger partial charge in [-0.05, 0) is 24.6 Å². The summed E-state index contributed by atoms with van der Waals surface area (Å²) in [7, 11) is 1.60. The smallest absolute Gasteiger partial charge is 0.315 e. The van der Waals surface area contributed by atoms with E-state index in [0.29, 0.717) is 19.5 Å². The summed E-state index contributed by atoms with van der Waals surface area (Å²) in [6.07, 6.45) is 0.354. The summed E-state index contributed by atoms with van der Waals surface area (Å²) >= 11 is 0. The van der Waals surface area contributed by atoms with E-state index in [9.17, 15) is 9.59 Å². The maximum absolute atomic E-state index is 11.4. The fourth-order valence-corrected chi connectivity index (χ4v) is 1.38. The van der Waals surface area contributed by atoms with Crippen LogP contribution in [0.5, 0.6) is 5.75 Å². The summed E-state index contributed by atoms with van der Waals surface area (Å²) in [5.74, 6) is 0.814. The van der Waals surface area contributed by atoms with Crippen molar-refractivity contribution in [3.05, 3.63) is 29.8 Å². The molecule has 0 aliphatic heterocycles. The molecule has 0 saturated heterocycles. The van der Waals surface area contributed by atoms with Crippen molar-refractivity contribution in [2.75, 3.05) is 13.7 Å². The van der Waals surface area contributed by atoms with E-state index in [-0.39, 0.29) is 11.8 Å². The van der Waals surface area contributed by atoms with Crippen molar-refractivity contribution in [1.29, 1.82) is 0 Å². The van der Waals surface area contributed by atoms with Crippen molar-refractivity contribution >= 4 is 11.8 Å². The van der Waals surface area contributed by atoms with Gasteiger partial charge in [-0.1, -0.05) is 12.1 Å². The molecule has 98 valence electrons. The van der Waals surface area contributed by atoms with Gasteiger partial charge in [-0.3, -0.25) is 4.79 Å². The minimum absolute atomic E-state index is 0.0584. The molecule has 1 rings (SSSR count). The fourth-order valence-electron chi connectivity index (χ4n) is 1.38. The molecule has 0 saturated carbocycles. The molecular formula is C13H18N2O3. The molecule has 0 heterocycles. The van der Waals surface area contributed by atoms with Crippen LogP contribution in [0.3, 0.4) is 0 Å². The number of ether oxygens (including phenoxy) is 1. The van der Waals surface area contributed by atoms with Gasteiger partial charge >= 0.3 is 6.03 Å². The standard InChI is InChI=1S/C13H18N2O3/c1-10(16)6-7-14-13(17)15-9-11-4-3-5-12(8-11)18-2/h3-5,8H,6-7,9H2,1-2H3,(H2,14,15,17). The van der Waals surface area contributed by atoms with E-state index >= 15 is 0 Å². The van der Waals surface area contributed by atoms with Gasteiger partial charge in [-0.25, -0.2) is 4.79 Å². The Bertz CT molecular complexity index is 418. The van der Waals surface area contributed by atoms with E-state index in [4.69, 9.17) is 4.74 Å². The van der Waals surface area contributed by atoms with Crippen molar-refractivity contribution in [3.8, 4) is 5.75 Å². The van der Waals surface area contributed by atoms with Crippen LogP contribution in [-0.2, 0) is 11.3 Å². The Hall–Kier alpha value is -2.04. The van der Waals surface area contributed by atoms with Crippen LogP contribution in [-0.4, -0.2) is 25.5 Å². The third-order valence-corrected chi connectivity index (χ3v) is 2.35. The Morgan fingerprint density at radius 2 is 2.06 bits per heavy atom. The van der Waals surface area contributed by atoms with Crippen LogP contribution >= 0.6 is 0 Å². The summed E-state index contributed by atoms with van der Waals surface area (Å²) in [6.45, 7) is 2.28. The first-order chi connectivity index (χ1) is 8.61. The highest BCUT2D eigenvalue weighted by atomic mass is 16.5. The van der Waals surface area contributed by atoms with Gasteiger partial charge in [0.1, 0.15) is 11.5 Å². The summed E-state index contributed by atoms with van der Waals surface area (Å²) in [4.78, 5) is 22.1. The van der Waals surface area contributed by atoms with Gasteiger partial charge in [0.25, 0.3) is 0 Å². The Labute approximate surface area is 107 Å². The molecule has 2 N–H and O–H groups in total. The highest BCUT2D eigenvalue weighted by molar-refractivity contribution is 5.77. The number of ketones is 1. The molecule has 0 aromatic heterocycles. The second-order valence-electron chi connectivity index (χ2n) is 3.91. The van der Waals surface area contributed by atoms with Gasteiger partial charge in [-0.15, -0.1) is 0 Å². The zero-order valence-electron chi connectivity index (χ0n) is 10.7. The first kappa shape index (κ1) is 14.0. The number of carbonyl (C=O) groups is 2. The van der Waals surface area contributed by atoms with Crippen molar-refractivity contribution < 1.29 is 14.3 Å². The van der Waals surface area contributed by atoms with Crippen LogP contribution in [0.15, 0.2) is 24.3 Å². The number of Topliss-reactive ketones (excluding diaryl/α,β-unsaturated/α-hetero) is 1. The number of amides is 2. The second kappa shape index (κ2) is 7.32. The monoisotopic (exact) mass is 250 g/mol. The summed E-state index contributed by atoms with van der Waals surface area (Å²) in [5.41, 5.74) is 0.955. The number of hydrogen-bond acceptors (Lipinski definition) is 3. The summed E-state index contributed by atoms with van der Waals surface area (Å²) in [5, 5.41) is 5.32. The quantitative estimate of drug-likeness (QED) is 0.803. The molecule has 2 amide bonds. The molecule has 5 nitrogen and oxygen atoms in total. The third-order valence-electron chi connectivity index (χ3n) is 2.35. The zero-order valence-corrected chi connectivity index (χ0v) is 10.7. The number of benzene rings is 1. The first-order valence-electron chi connectivity index (χ1n) is 5.76. The van der Waals surface area contributed by atoms with Gasteiger partial charge in [0.15, 0.2) is 0 Å². The van der Waals surface area contributed by atoms with Crippen LogP contribution in [0.2, 0.25) is 0 Å². The molecule has 0 radical (unpaired) electrons. The van der Waals surface area contributed by atoms with Crippen molar-refractivity contribution in [2.45, 2.75) is 19.9 Å². The van der Waals surface area contributed by atoms with Gasteiger partial charge in [0.05, 0.1) is 7.11 Å². The van der Waals surface area contributed by atoms with Crippen LogP contribution in [0.4, 0.5) is 4.79 Å². The number of urea groups is 1. The predicted octanol–water partition coefficient (Wildman–Crippen LogP) is 1.47. The van der Waals surface area contributed by atoms with Gasteiger partial charge in [0, 0.05) is 19.5 Å². The molecule has 0 aliphatic rings. The minimum Gasteiger partial charge on any atom is -0.497 e. The Morgan fingerprint density at radius 1 is 1.28 bits per heavy atom. The lowest BCUT2D eigenvalue weighted by atomic mass is 10.2. The van der Waals surface area contributed by atoms with Crippen molar-refractivity contribution in [2.24, 2.45) is 0 Å². The second-order valence-corrected chi connectivity index (χ2v) is 3.91. The van der Waals surface area contributed by atoms with Crippen LogP contribution in [0.1, 0.15) is 18.9 Å². The highest BCUT2D eigenvalue weighted by Gasteiger charge is 2.01. The molecule has 0 spiro atoms. The summed E-state index contributed by atoms with van der Waals surface area (Å²) < 4.78 is 5.09. The first-order valence-corrected chi connectivity index (χ1v) is 5.76. The number of rotatable bonds is 6. The molecule has 1 aromatic rings. The van der Waals surface area contributed by atoms with Gasteiger partial charge in [0.2, 0.25) is 0 Å². The van der Waals surface area contributed by atoms with E-state index in [0.717, 1.165) is 11.3 Å². The molecule has 5 heteroatoms. The highest BCUT2D eigenvalue weighted by Crippen LogP contribution is 2.11. The normalized spacial score (nSPS) is 9.67. The number of hydrogen-bond donors (Lipinski definition) is 2. The topological polar surface area (TPSA) is 67.4 Å². The molecular weight excluding hydrogens is 232 g/mol. The van der Waals surface area contributed by atoms with E-state index in [2.05, 4.69) is 10.6 Å². The van der Waals surface area contributed by atoms with Crippen LogP contribution < -0.4 is 15.4 Å². The van der Waals surface area contributed by atoms with Gasteiger partial charge < -0.3 is 15.4 Å². The zero-order chi connectivity index (χ0) is 13.4. The minimum atomic E-state index is -0.279. The van der Waals surface area contributed by atoms with E-state index < -0.39 is 0 Å². The number of carbonyl (C=O) groups excluding carboxylic acids is 2. The lowest BCUT2D eigenvalue weighted by molar-refractivity contribution is -0.116. The fraction of sp³-hybridized carbons (Fsp3) is 0.385. The molecule has 0 fully saturated rings. The van der Waals surface area contributed by atoms with Crippen molar-refractivity contribution in [3.63, 3.8) is 0 Å². The molecule has 1 aromatic carbocycles. The largest absolute Gasteiger partial charge is 0.497 e. The summed E-state index contributed by atoms with van der Waals surface area (Å²) in [6, 6.07) is 7.19. The third kappa shape index (κ3) is 5.34. The number of methoxy groups -OCH3 is 1. The van der Waals surface area contributed by atoms with E-state index in [1.54, 1.807) is 7.11 Å². The molecule has 18 heavy (non-hydrogen) atoms. The maximum Gasteiger partial charge on any atom is 0.315 e. The average molecular weight is 250 g/mol. The lowest BCUT2D eigenvalue weighted by Gasteiger charge is -2.08. The lowest BCUT2D eigenvalue weighted by Crippen LogP contribution is -2.36. The van der Waals surface area contributed by atoms with Crippen LogP contribution in [0, 0.1) is 0 Å².